The molecule has 0 spiro atoms. The van der Waals surface area contributed by atoms with Crippen LogP contribution in [0.1, 0.15) is 71.3 Å². The molecule has 12 nitrogen and oxygen atoms in total. The molecule has 1 aromatic heterocycles. The number of amides is 1. The van der Waals surface area contributed by atoms with Crippen LogP contribution in [-0.4, -0.2) is 71.0 Å². The van der Waals surface area contributed by atoms with Crippen LogP contribution < -0.4 is 9.47 Å². The van der Waals surface area contributed by atoms with Gasteiger partial charge in [0.25, 0.3) is 5.91 Å². The van der Waals surface area contributed by atoms with Gasteiger partial charge in [-0.1, -0.05) is 29.5 Å². The zero-order valence-corrected chi connectivity index (χ0v) is 25.2. The third kappa shape index (κ3) is 6.19. The predicted molar refractivity (Wildman–Crippen MR) is 160 cm³/mol. The fourth-order valence-electron chi connectivity index (χ4n) is 5.61. The normalized spacial score (nSPS) is 18.4. The van der Waals surface area contributed by atoms with Gasteiger partial charge in [-0.25, -0.2) is 19.3 Å². The van der Waals surface area contributed by atoms with Crippen LogP contribution in [0.25, 0.3) is 6.08 Å². The zero-order valence-electron chi connectivity index (χ0n) is 25.2. The number of ether oxygens (including phenoxy) is 4. The van der Waals surface area contributed by atoms with Gasteiger partial charge in [-0.05, 0) is 80.2 Å². The van der Waals surface area contributed by atoms with Gasteiger partial charge in [0.2, 0.25) is 5.69 Å². The number of esters is 2. The van der Waals surface area contributed by atoms with Crippen molar-refractivity contribution >= 4 is 29.6 Å². The molecule has 0 unspecified atom stereocenters. The highest BCUT2D eigenvalue weighted by atomic mass is 16.5. The number of hydrogen-bond acceptors (Lipinski definition) is 10. The van der Waals surface area contributed by atoms with E-state index < -0.39 is 30.4 Å². The monoisotopic (exact) mass is 601 g/mol. The SMILES string of the molecule is CCOC(=O)c1nnn(CC(=O)N2N=C3/C(=C\c4ccc(OC)cc4)CCC[C@H]3[C@@H]2c2ccc(OC)cc2)c1C(=O)OCC. The minimum atomic E-state index is -0.828. The van der Waals surface area contributed by atoms with Gasteiger partial charge < -0.3 is 18.9 Å². The Bertz CT molecular complexity index is 1580. The lowest BCUT2D eigenvalue weighted by Gasteiger charge is -2.29. The number of benzene rings is 2. The van der Waals surface area contributed by atoms with Gasteiger partial charge in [-0.3, -0.25) is 4.79 Å². The van der Waals surface area contributed by atoms with Crippen LogP contribution in [0, 0.1) is 5.92 Å². The number of hydrogen-bond donors (Lipinski definition) is 0. The van der Waals surface area contributed by atoms with Gasteiger partial charge in [-0.2, -0.15) is 5.10 Å². The number of carbonyl (C=O) groups is 3. The molecule has 1 fully saturated rings. The summed E-state index contributed by atoms with van der Waals surface area (Å²) in [6.45, 7) is 3.02. The molecule has 0 bridgehead atoms. The summed E-state index contributed by atoms with van der Waals surface area (Å²) < 4.78 is 21.9. The highest BCUT2D eigenvalue weighted by molar-refractivity contribution is 6.08. The Morgan fingerprint density at radius 3 is 2.18 bits per heavy atom. The average molecular weight is 602 g/mol. The van der Waals surface area contributed by atoms with E-state index in [1.807, 2.05) is 48.5 Å². The smallest absolute Gasteiger partial charge is 0.361 e. The molecule has 1 amide bonds. The van der Waals surface area contributed by atoms with Crippen molar-refractivity contribution in [3.05, 3.63) is 76.6 Å². The molecular weight excluding hydrogens is 566 g/mol. The van der Waals surface area contributed by atoms with E-state index in [1.165, 1.54) is 5.01 Å². The first-order valence-electron chi connectivity index (χ1n) is 14.6. The van der Waals surface area contributed by atoms with Crippen molar-refractivity contribution < 1.29 is 33.3 Å². The second kappa shape index (κ2) is 13.5. The molecular formula is C32H35N5O7. The van der Waals surface area contributed by atoms with Crippen molar-refractivity contribution in [2.24, 2.45) is 11.0 Å². The Morgan fingerprint density at radius 1 is 0.909 bits per heavy atom. The molecule has 0 radical (unpaired) electrons. The van der Waals surface area contributed by atoms with Gasteiger partial charge in [0.05, 0.1) is 39.2 Å². The minimum absolute atomic E-state index is 0.0547. The number of allylic oxidation sites excluding steroid dienone is 1. The third-order valence-corrected chi connectivity index (χ3v) is 7.63. The summed E-state index contributed by atoms with van der Waals surface area (Å²) in [5, 5.41) is 14.2. The van der Waals surface area contributed by atoms with E-state index in [0.717, 1.165) is 52.1 Å². The minimum Gasteiger partial charge on any atom is -0.497 e. The maximum Gasteiger partial charge on any atom is 0.361 e. The van der Waals surface area contributed by atoms with Crippen molar-refractivity contribution in [1.82, 2.24) is 20.0 Å². The highest BCUT2D eigenvalue weighted by Gasteiger charge is 2.44. The average Bonchev–Trinajstić information content (AvgIpc) is 3.64. The summed E-state index contributed by atoms with van der Waals surface area (Å²) in [5.74, 6) is -0.673. The van der Waals surface area contributed by atoms with E-state index in [2.05, 4.69) is 16.4 Å². The standard InChI is InChI=1S/C32H35N5O7/c1-5-43-31(39)28-30(32(40)44-6-2)36(35-33-28)19-26(38)37-29(21-12-16-24(42-4)17-13-21)25-9-7-8-22(27(25)34-37)18-20-10-14-23(41-3)15-11-20/h10-18,25,29H,5-9,19H2,1-4H3/b22-18-/t25-,29+/m1/s1. The molecule has 0 N–H and O–H groups in total. The van der Waals surface area contributed by atoms with E-state index >= 15 is 0 Å². The first-order chi connectivity index (χ1) is 21.4. The van der Waals surface area contributed by atoms with Gasteiger partial charge in [-0.15, -0.1) is 5.10 Å². The summed E-state index contributed by atoms with van der Waals surface area (Å²) in [5.41, 5.74) is 3.24. The topological polar surface area (TPSA) is 134 Å². The largest absolute Gasteiger partial charge is 0.497 e. The second-order valence-corrected chi connectivity index (χ2v) is 10.3. The molecule has 1 aliphatic heterocycles. The summed E-state index contributed by atoms with van der Waals surface area (Å²) in [6.07, 6.45) is 4.69. The maximum atomic E-state index is 14.0. The Morgan fingerprint density at radius 2 is 1.55 bits per heavy atom. The molecule has 2 heterocycles. The van der Waals surface area contributed by atoms with Gasteiger partial charge in [0.15, 0.2) is 5.69 Å². The Hall–Kier alpha value is -5.00. The van der Waals surface area contributed by atoms with Crippen molar-refractivity contribution in [2.75, 3.05) is 27.4 Å². The van der Waals surface area contributed by atoms with E-state index in [4.69, 9.17) is 24.0 Å². The molecule has 0 saturated heterocycles. The lowest BCUT2D eigenvalue weighted by molar-refractivity contribution is -0.134. The molecule has 2 aliphatic rings. The van der Waals surface area contributed by atoms with Crippen LogP contribution >= 0.6 is 0 Å². The van der Waals surface area contributed by atoms with Gasteiger partial charge in [0, 0.05) is 5.92 Å². The molecule has 2 atom stereocenters. The molecule has 3 aromatic rings. The second-order valence-electron chi connectivity index (χ2n) is 10.3. The van der Waals surface area contributed by atoms with Crippen LogP contribution in [0.15, 0.2) is 59.2 Å². The van der Waals surface area contributed by atoms with Gasteiger partial charge in [0.1, 0.15) is 18.0 Å². The zero-order chi connectivity index (χ0) is 31.2. The van der Waals surface area contributed by atoms with Gasteiger partial charge >= 0.3 is 11.9 Å². The number of nitrogens with zero attached hydrogens (tertiary/aromatic N) is 5. The lowest BCUT2D eigenvalue weighted by Crippen LogP contribution is -2.34. The highest BCUT2D eigenvalue weighted by Crippen LogP contribution is 2.44. The number of rotatable bonds is 10. The maximum absolute atomic E-state index is 14.0. The Labute approximate surface area is 255 Å². The number of carbonyl (C=O) groups excluding carboxylic acids is 3. The Kier molecular flexibility index (Phi) is 9.37. The first-order valence-corrected chi connectivity index (χ1v) is 14.6. The van der Waals surface area contributed by atoms with E-state index in [0.29, 0.717) is 5.75 Å². The Balaban J connectivity index is 1.52. The van der Waals surface area contributed by atoms with E-state index in [9.17, 15) is 14.4 Å². The number of fused-ring (bicyclic) bond motifs is 1. The molecule has 1 saturated carbocycles. The lowest BCUT2D eigenvalue weighted by atomic mass is 9.77. The number of methoxy groups -OCH3 is 2. The molecule has 12 heteroatoms. The molecule has 5 rings (SSSR count). The molecule has 44 heavy (non-hydrogen) atoms. The molecule has 2 aromatic carbocycles. The fourth-order valence-corrected chi connectivity index (χ4v) is 5.61. The van der Waals surface area contributed by atoms with Crippen LogP contribution in [0.5, 0.6) is 11.5 Å². The van der Waals surface area contributed by atoms with E-state index in [-0.39, 0.29) is 30.5 Å². The third-order valence-electron chi connectivity index (χ3n) is 7.63. The number of aromatic nitrogens is 3. The van der Waals surface area contributed by atoms with Crippen LogP contribution in [-0.2, 0) is 20.8 Å². The summed E-state index contributed by atoms with van der Waals surface area (Å²) >= 11 is 0. The van der Waals surface area contributed by atoms with Crippen LogP contribution in [0.4, 0.5) is 0 Å². The summed E-state index contributed by atoms with van der Waals surface area (Å²) in [7, 11) is 3.23. The van der Waals surface area contributed by atoms with E-state index in [1.54, 1.807) is 28.1 Å². The van der Waals surface area contributed by atoms with Crippen molar-refractivity contribution in [3.63, 3.8) is 0 Å². The van der Waals surface area contributed by atoms with Crippen molar-refractivity contribution in [3.8, 4) is 11.5 Å². The predicted octanol–water partition coefficient (Wildman–Crippen LogP) is 4.47. The summed E-state index contributed by atoms with van der Waals surface area (Å²) in [6, 6.07) is 15.0. The van der Waals surface area contributed by atoms with Crippen molar-refractivity contribution in [1.29, 1.82) is 0 Å². The summed E-state index contributed by atoms with van der Waals surface area (Å²) in [4.78, 5) is 39.4. The molecule has 1 aliphatic carbocycles. The van der Waals surface area contributed by atoms with Crippen molar-refractivity contribution in [2.45, 2.75) is 45.7 Å². The molecule has 230 valence electrons. The van der Waals surface area contributed by atoms with Crippen LogP contribution in [0.2, 0.25) is 0 Å². The quantitative estimate of drug-likeness (QED) is 0.309. The van der Waals surface area contributed by atoms with Crippen LogP contribution in [0.3, 0.4) is 0 Å². The number of hydrazone groups is 1. The fraction of sp³-hybridized carbons (Fsp3) is 0.375. The first kappa shape index (κ1) is 30.5.